The van der Waals surface area contributed by atoms with E-state index in [0.717, 1.165) is 24.0 Å². The first-order chi connectivity index (χ1) is 14.3. The lowest BCUT2D eigenvalue weighted by Crippen LogP contribution is -2.39. The van der Waals surface area contributed by atoms with Crippen LogP contribution in [0.2, 0.25) is 0 Å². The van der Waals surface area contributed by atoms with Crippen LogP contribution in [0.15, 0.2) is 48.5 Å². The molecule has 3 rings (SSSR count). The van der Waals surface area contributed by atoms with Crippen molar-refractivity contribution in [2.24, 2.45) is 0 Å². The molecule has 0 atom stereocenters. The van der Waals surface area contributed by atoms with E-state index < -0.39 is 0 Å². The van der Waals surface area contributed by atoms with E-state index in [0.29, 0.717) is 30.6 Å². The number of urea groups is 1. The Morgan fingerprint density at radius 2 is 1.53 bits per heavy atom. The maximum atomic E-state index is 13.2. The van der Waals surface area contributed by atoms with Crippen LogP contribution in [0.3, 0.4) is 0 Å². The van der Waals surface area contributed by atoms with E-state index in [4.69, 9.17) is 0 Å². The number of hydrogen-bond donors (Lipinski definition) is 2. The van der Waals surface area contributed by atoms with Gasteiger partial charge in [0.1, 0.15) is 0 Å². The Bertz CT molecular complexity index is 853. The molecule has 0 aromatic heterocycles. The van der Waals surface area contributed by atoms with Crippen LogP contribution in [0.5, 0.6) is 0 Å². The van der Waals surface area contributed by atoms with Crippen LogP contribution in [-0.4, -0.2) is 28.9 Å². The molecule has 0 radical (unpaired) electrons. The van der Waals surface area contributed by atoms with E-state index in [1.54, 1.807) is 0 Å². The molecule has 2 aromatic rings. The second-order valence-electron chi connectivity index (χ2n) is 8.74. The predicted octanol–water partition coefficient (Wildman–Crippen LogP) is 4.82. The van der Waals surface area contributed by atoms with E-state index in [1.807, 2.05) is 43.0 Å². The Morgan fingerprint density at radius 1 is 0.933 bits per heavy atom. The number of nitrogens with zero attached hydrogens (tertiary/aromatic N) is 1. The Hall–Kier alpha value is -2.82. The third kappa shape index (κ3) is 6.09. The van der Waals surface area contributed by atoms with Crippen LogP contribution in [-0.2, 0) is 13.1 Å². The molecule has 5 nitrogen and oxygen atoms in total. The van der Waals surface area contributed by atoms with Gasteiger partial charge in [0.25, 0.3) is 5.91 Å². The Labute approximate surface area is 179 Å². The van der Waals surface area contributed by atoms with E-state index in [1.165, 1.54) is 5.56 Å². The summed E-state index contributed by atoms with van der Waals surface area (Å²) in [7, 11) is 0. The van der Waals surface area contributed by atoms with Crippen molar-refractivity contribution < 1.29 is 9.59 Å². The molecule has 2 aromatic carbocycles. The first-order valence-corrected chi connectivity index (χ1v) is 10.9. The molecule has 1 saturated carbocycles. The fourth-order valence-electron chi connectivity index (χ4n) is 3.38. The third-order valence-electron chi connectivity index (χ3n) is 5.32. The fraction of sp³-hybridized carbons (Fsp3) is 0.440. The number of nitrogens with one attached hydrogen (secondary N) is 2. The van der Waals surface area contributed by atoms with Crippen molar-refractivity contribution >= 4 is 11.9 Å². The predicted molar refractivity (Wildman–Crippen MR) is 120 cm³/mol. The van der Waals surface area contributed by atoms with Gasteiger partial charge >= 0.3 is 6.03 Å². The minimum Gasteiger partial charge on any atom is -0.336 e. The van der Waals surface area contributed by atoms with Crippen molar-refractivity contribution in [1.29, 1.82) is 0 Å². The molecular weight excluding hydrogens is 374 g/mol. The second kappa shape index (κ2) is 9.79. The zero-order valence-corrected chi connectivity index (χ0v) is 18.4. The molecule has 5 heteroatoms. The van der Waals surface area contributed by atoms with Crippen molar-refractivity contribution in [3.05, 3.63) is 70.8 Å². The Morgan fingerprint density at radius 3 is 2.07 bits per heavy atom. The molecule has 0 unspecified atom stereocenters. The lowest BCUT2D eigenvalue weighted by molar-refractivity contribution is 0.0730. The lowest BCUT2D eigenvalue weighted by atomic mass is 10.0. The maximum Gasteiger partial charge on any atom is 0.315 e. The monoisotopic (exact) mass is 407 g/mol. The van der Waals surface area contributed by atoms with Gasteiger partial charge in [-0.25, -0.2) is 4.79 Å². The minimum absolute atomic E-state index is 0.0718. The molecule has 1 fully saturated rings. The van der Waals surface area contributed by atoms with E-state index in [9.17, 15) is 9.59 Å². The van der Waals surface area contributed by atoms with Gasteiger partial charge in [0, 0.05) is 30.7 Å². The lowest BCUT2D eigenvalue weighted by Gasteiger charge is -2.23. The molecule has 160 valence electrons. The highest BCUT2D eigenvalue weighted by molar-refractivity contribution is 5.94. The molecule has 30 heavy (non-hydrogen) atoms. The first kappa shape index (κ1) is 21.9. The molecule has 0 heterocycles. The van der Waals surface area contributed by atoms with Crippen LogP contribution in [0.25, 0.3) is 0 Å². The van der Waals surface area contributed by atoms with Gasteiger partial charge < -0.3 is 15.5 Å². The first-order valence-electron chi connectivity index (χ1n) is 10.9. The van der Waals surface area contributed by atoms with Crippen LogP contribution in [0, 0.1) is 0 Å². The van der Waals surface area contributed by atoms with Crippen molar-refractivity contribution in [1.82, 2.24) is 15.5 Å². The smallest absolute Gasteiger partial charge is 0.315 e. The number of hydrogen-bond acceptors (Lipinski definition) is 2. The summed E-state index contributed by atoms with van der Waals surface area (Å²) >= 11 is 0. The SMILES string of the molecule is CC(C)NC(=O)NCc1ccc(C(=O)N(Cc2ccc(C(C)C)cc2)C2CC2)cc1. The molecule has 0 bridgehead atoms. The summed E-state index contributed by atoms with van der Waals surface area (Å²) in [5.41, 5.74) is 4.13. The molecule has 1 aliphatic carbocycles. The zero-order valence-electron chi connectivity index (χ0n) is 18.4. The number of carbonyl (C=O) groups is 2. The van der Waals surface area contributed by atoms with Crippen molar-refractivity contribution in [2.45, 2.75) is 71.6 Å². The fourth-order valence-corrected chi connectivity index (χ4v) is 3.38. The number of carbonyl (C=O) groups excluding carboxylic acids is 2. The quantitative estimate of drug-likeness (QED) is 0.659. The zero-order chi connectivity index (χ0) is 21.7. The molecule has 0 spiro atoms. The Kier molecular flexibility index (Phi) is 7.14. The molecular formula is C25H33N3O2. The van der Waals surface area contributed by atoms with Gasteiger partial charge in [0.2, 0.25) is 0 Å². The van der Waals surface area contributed by atoms with Gasteiger partial charge in [-0.3, -0.25) is 4.79 Å². The van der Waals surface area contributed by atoms with E-state index >= 15 is 0 Å². The summed E-state index contributed by atoms with van der Waals surface area (Å²) in [6, 6.07) is 16.4. The van der Waals surface area contributed by atoms with Gasteiger partial charge in [-0.15, -0.1) is 0 Å². The van der Waals surface area contributed by atoms with Crippen LogP contribution in [0.4, 0.5) is 4.79 Å². The largest absolute Gasteiger partial charge is 0.336 e. The summed E-state index contributed by atoms with van der Waals surface area (Å²) in [5.74, 6) is 0.576. The van der Waals surface area contributed by atoms with Crippen molar-refractivity contribution in [3.8, 4) is 0 Å². The summed E-state index contributed by atoms with van der Waals surface area (Å²) in [6.07, 6.45) is 2.14. The van der Waals surface area contributed by atoms with Crippen LogP contribution in [0.1, 0.15) is 73.5 Å². The standard InChI is InChI=1S/C25H33N3O2/c1-17(2)21-9-7-20(8-10-21)16-28(23-13-14-23)24(29)22-11-5-19(6-12-22)15-26-25(30)27-18(3)4/h5-12,17-18,23H,13-16H2,1-4H3,(H2,26,27,30). The minimum atomic E-state index is -0.187. The summed E-state index contributed by atoms with van der Waals surface area (Å²) < 4.78 is 0. The molecule has 0 aliphatic heterocycles. The summed E-state index contributed by atoms with van der Waals surface area (Å²) in [5, 5.41) is 5.63. The number of amides is 3. The second-order valence-corrected chi connectivity index (χ2v) is 8.74. The number of rotatable bonds is 8. The average molecular weight is 408 g/mol. The normalized spacial score (nSPS) is 13.4. The van der Waals surface area contributed by atoms with Gasteiger partial charge in [0.15, 0.2) is 0 Å². The highest BCUT2D eigenvalue weighted by Crippen LogP contribution is 2.30. The van der Waals surface area contributed by atoms with Crippen LogP contribution >= 0.6 is 0 Å². The average Bonchev–Trinajstić information content (AvgIpc) is 3.55. The van der Waals surface area contributed by atoms with Crippen molar-refractivity contribution in [3.63, 3.8) is 0 Å². The maximum absolute atomic E-state index is 13.2. The molecule has 2 N–H and O–H groups in total. The number of benzene rings is 2. The Balaban J connectivity index is 1.62. The van der Waals surface area contributed by atoms with Crippen molar-refractivity contribution in [2.75, 3.05) is 0 Å². The summed E-state index contributed by atoms with van der Waals surface area (Å²) in [4.78, 5) is 26.9. The molecule has 1 aliphatic rings. The molecule has 0 saturated heterocycles. The van der Waals surface area contributed by atoms with Gasteiger partial charge in [-0.05, 0) is 61.4 Å². The van der Waals surface area contributed by atoms with E-state index in [-0.39, 0.29) is 18.0 Å². The molecule has 3 amide bonds. The third-order valence-corrected chi connectivity index (χ3v) is 5.32. The van der Waals surface area contributed by atoms with E-state index in [2.05, 4.69) is 48.7 Å². The topological polar surface area (TPSA) is 61.4 Å². The summed E-state index contributed by atoms with van der Waals surface area (Å²) in [6.45, 7) is 9.28. The van der Waals surface area contributed by atoms with Crippen LogP contribution < -0.4 is 10.6 Å². The van der Waals surface area contributed by atoms with Gasteiger partial charge in [0.05, 0.1) is 0 Å². The van der Waals surface area contributed by atoms with Gasteiger partial charge in [-0.1, -0.05) is 50.2 Å². The van der Waals surface area contributed by atoms with Gasteiger partial charge in [-0.2, -0.15) is 0 Å². The highest BCUT2D eigenvalue weighted by atomic mass is 16.2. The highest BCUT2D eigenvalue weighted by Gasteiger charge is 2.33.